The Morgan fingerprint density at radius 2 is 2.14 bits per heavy atom. The van der Waals surface area contributed by atoms with Crippen LogP contribution in [0.5, 0.6) is 0 Å². The number of carbonyl (C=O) groups excluding carboxylic acids is 1. The predicted molar refractivity (Wildman–Crippen MR) is 80.0 cm³/mol. The van der Waals surface area contributed by atoms with Crippen LogP contribution in [0.1, 0.15) is 38.9 Å². The Bertz CT molecular complexity index is 780. The summed E-state index contributed by atoms with van der Waals surface area (Å²) in [5.41, 5.74) is 3.19. The maximum atomic E-state index is 12.3. The topological polar surface area (TPSA) is 86.0 Å². The highest BCUT2D eigenvalue weighted by Gasteiger charge is 2.32. The second kappa shape index (κ2) is 5.58. The van der Waals surface area contributed by atoms with E-state index in [9.17, 15) is 9.90 Å². The average Bonchev–Trinajstić information content (AvgIpc) is 2.83. The molecule has 1 aromatic carbocycles. The largest absolute Gasteiger partial charge is 0.390 e. The van der Waals surface area contributed by atoms with Crippen LogP contribution in [0.25, 0.3) is 0 Å². The standard InChI is InChI=1S/C17H15N3O2/c1-10-12(9-18)6-7-14(19-10)17(22)20-16-13-5-3-2-4-11(13)8-15(16)21/h2-7,15-16,21H,8H2,1H3,(H,20,22)/t15-,16+/m1/s1. The summed E-state index contributed by atoms with van der Waals surface area (Å²) in [5.74, 6) is -0.353. The third-order valence-electron chi connectivity index (χ3n) is 3.93. The Hall–Kier alpha value is -2.71. The summed E-state index contributed by atoms with van der Waals surface area (Å²) in [6.07, 6.45) is -0.109. The molecule has 2 aromatic rings. The fourth-order valence-corrected chi connectivity index (χ4v) is 2.77. The molecule has 0 fully saturated rings. The Balaban J connectivity index is 1.83. The van der Waals surface area contributed by atoms with Crippen molar-refractivity contribution < 1.29 is 9.90 Å². The van der Waals surface area contributed by atoms with Crippen LogP contribution in [-0.2, 0) is 6.42 Å². The van der Waals surface area contributed by atoms with Crippen molar-refractivity contribution in [2.24, 2.45) is 0 Å². The number of benzene rings is 1. The van der Waals surface area contributed by atoms with E-state index in [0.29, 0.717) is 17.7 Å². The summed E-state index contributed by atoms with van der Waals surface area (Å²) in [7, 11) is 0. The lowest BCUT2D eigenvalue weighted by atomic mass is 10.1. The fraction of sp³-hybridized carbons (Fsp3) is 0.235. The van der Waals surface area contributed by atoms with Crippen molar-refractivity contribution in [1.29, 1.82) is 5.26 Å². The van der Waals surface area contributed by atoms with Crippen LogP contribution in [0.4, 0.5) is 0 Å². The summed E-state index contributed by atoms with van der Waals surface area (Å²) in [6.45, 7) is 1.69. The van der Waals surface area contributed by atoms with Crippen molar-refractivity contribution in [1.82, 2.24) is 10.3 Å². The molecule has 0 saturated heterocycles. The van der Waals surface area contributed by atoms with E-state index in [1.165, 1.54) is 6.07 Å². The lowest BCUT2D eigenvalue weighted by Gasteiger charge is -2.17. The lowest BCUT2D eigenvalue weighted by Crippen LogP contribution is -2.34. The molecule has 1 heterocycles. The molecular weight excluding hydrogens is 278 g/mol. The van der Waals surface area contributed by atoms with Gasteiger partial charge in [-0.1, -0.05) is 24.3 Å². The molecule has 5 nitrogen and oxygen atoms in total. The highest BCUT2D eigenvalue weighted by Crippen LogP contribution is 2.31. The first kappa shape index (κ1) is 14.2. The second-order valence-corrected chi connectivity index (χ2v) is 5.36. The molecule has 5 heteroatoms. The van der Waals surface area contributed by atoms with Crippen molar-refractivity contribution in [2.75, 3.05) is 0 Å². The number of nitriles is 1. The molecule has 110 valence electrons. The number of aliphatic hydroxyl groups is 1. The van der Waals surface area contributed by atoms with E-state index in [4.69, 9.17) is 5.26 Å². The molecule has 0 unspecified atom stereocenters. The van der Waals surface area contributed by atoms with Crippen molar-refractivity contribution in [2.45, 2.75) is 25.5 Å². The number of amides is 1. The van der Waals surface area contributed by atoms with Crippen molar-refractivity contribution in [3.8, 4) is 6.07 Å². The quantitative estimate of drug-likeness (QED) is 0.881. The smallest absolute Gasteiger partial charge is 0.270 e. The van der Waals surface area contributed by atoms with E-state index in [1.807, 2.05) is 30.3 Å². The monoisotopic (exact) mass is 293 g/mol. The van der Waals surface area contributed by atoms with Gasteiger partial charge in [0.05, 0.1) is 23.4 Å². The number of hydrogen-bond acceptors (Lipinski definition) is 4. The Morgan fingerprint density at radius 1 is 1.36 bits per heavy atom. The summed E-state index contributed by atoms with van der Waals surface area (Å²) in [5, 5.41) is 21.9. The second-order valence-electron chi connectivity index (χ2n) is 5.36. The number of aromatic nitrogens is 1. The molecule has 0 radical (unpaired) electrons. The van der Waals surface area contributed by atoms with Crippen LogP contribution in [0.15, 0.2) is 36.4 Å². The molecule has 3 rings (SSSR count). The third kappa shape index (κ3) is 2.45. The number of fused-ring (bicyclic) bond motifs is 1. The van der Waals surface area contributed by atoms with Gasteiger partial charge in [0.2, 0.25) is 0 Å². The van der Waals surface area contributed by atoms with Gasteiger partial charge in [-0.05, 0) is 30.2 Å². The molecule has 0 bridgehead atoms. The zero-order valence-electron chi connectivity index (χ0n) is 12.1. The van der Waals surface area contributed by atoms with Crippen LogP contribution in [0, 0.1) is 18.3 Å². The first-order chi connectivity index (χ1) is 10.6. The van der Waals surface area contributed by atoms with Gasteiger partial charge in [-0.15, -0.1) is 0 Å². The molecule has 22 heavy (non-hydrogen) atoms. The summed E-state index contributed by atoms with van der Waals surface area (Å²) < 4.78 is 0. The van der Waals surface area contributed by atoms with Crippen molar-refractivity contribution in [3.63, 3.8) is 0 Å². The Morgan fingerprint density at radius 3 is 2.86 bits per heavy atom. The number of aliphatic hydroxyl groups excluding tert-OH is 1. The number of pyridine rings is 1. The highest BCUT2D eigenvalue weighted by molar-refractivity contribution is 5.92. The zero-order valence-corrected chi connectivity index (χ0v) is 12.1. The van der Waals surface area contributed by atoms with Gasteiger partial charge >= 0.3 is 0 Å². The van der Waals surface area contributed by atoms with E-state index in [-0.39, 0.29) is 11.6 Å². The number of rotatable bonds is 2. The molecule has 0 saturated carbocycles. The van der Waals surface area contributed by atoms with Crippen LogP contribution < -0.4 is 5.32 Å². The van der Waals surface area contributed by atoms with Gasteiger partial charge < -0.3 is 10.4 Å². The highest BCUT2D eigenvalue weighted by atomic mass is 16.3. The molecule has 2 N–H and O–H groups in total. The van der Waals surface area contributed by atoms with Crippen LogP contribution in [0.2, 0.25) is 0 Å². The van der Waals surface area contributed by atoms with Gasteiger partial charge in [0.15, 0.2) is 0 Å². The molecule has 0 aliphatic heterocycles. The van der Waals surface area contributed by atoms with Gasteiger partial charge in [0, 0.05) is 6.42 Å². The third-order valence-corrected chi connectivity index (χ3v) is 3.93. The molecule has 1 aliphatic carbocycles. The SMILES string of the molecule is Cc1nc(C(=O)N[C@H]2c3ccccc3C[C@H]2O)ccc1C#N. The van der Waals surface area contributed by atoms with Crippen molar-refractivity contribution >= 4 is 5.91 Å². The number of carbonyl (C=O) groups is 1. The summed E-state index contributed by atoms with van der Waals surface area (Å²) in [4.78, 5) is 16.5. The van der Waals surface area contributed by atoms with Gasteiger partial charge in [-0.2, -0.15) is 5.26 Å². The van der Waals surface area contributed by atoms with E-state index in [2.05, 4.69) is 10.3 Å². The first-order valence-corrected chi connectivity index (χ1v) is 7.04. The number of nitrogens with one attached hydrogen (secondary N) is 1. The minimum atomic E-state index is -0.638. The maximum absolute atomic E-state index is 12.3. The van der Waals surface area contributed by atoms with E-state index >= 15 is 0 Å². The fourth-order valence-electron chi connectivity index (χ4n) is 2.77. The van der Waals surface area contributed by atoms with E-state index < -0.39 is 12.1 Å². The number of nitrogens with zero attached hydrogens (tertiary/aromatic N) is 2. The molecule has 1 amide bonds. The number of hydrogen-bond donors (Lipinski definition) is 2. The lowest BCUT2D eigenvalue weighted by molar-refractivity contribution is 0.0853. The normalized spacial score (nSPS) is 19.3. The number of aryl methyl sites for hydroxylation is 1. The molecule has 2 atom stereocenters. The maximum Gasteiger partial charge on any atom is 0.270 e. The van der Waals surface area contributed by atoms with Crippen LogP contribution in [0.3, 0.4) is 0 Å². The van der Waals surface area contributed by atoms with Crippen LogP contribution >= 0.6 is 0 Å². The minimum Gasteiger partial charge on any atom is -0.390 e. The van der Waals surface area contributed by atoms with Gasteiger partial charge in [0.25, 0.3) is 5.91 Å². The van der Waals surface area contributed by atoms with Crippen molar-refractivity contribution in [3.05, 3.63) is 64.5 Å². The summed E-state index contributed by atoms with van der Waals surface area (Å²) in [6, 6.07) is 12.4. The predicted octanol–water partition coefficient (Wildman–Crippen LogP) is 1.65. The summed E-state index contributed by atoms with van der Waals surface area (Å²) >= 11 is 0. The molecule has 0 spiro atoms. The van der Waals surface area contributed by atoms with E-state index in [1.54, 1.807) is 13.0 Å². The zero-order chi connectivity index (χ0) is 15.7. The molecule has 1 aliphatic rings. The van der Waals surface area contributed by atoms with Gasteiger partial charge in [-0.3, -0.25) is 4.79 Å². The Kier molecular flexibility index (Phi) is 3.61. The average molecular weight is 293 g/mol. The van der Waals surface area contributed by atoms with Gasteiger partial charge in [0.1, 0.15) is 11.8 Å². The van der Waals surface area contributed by atoms with E-state index in [0.717, 1.165) is 11.1 Å². The first-order valence-electron chi connectivity index (χ1n) is 7.04. The van der Waals surface area contributed by atoms with Crippen LogP contribution in [-0.4, -0.2) is 22.1 Å². The Labute approximate surface area is 128 Å². The molecular formula is C17H15N3O2. The van der Waals surface area contributed by atoms with Gasteiger partial charge in [-0.25, -0.2) is 4.98 Å². The molecule has 1 aromatic heterocycles. The minimum absolute atomic E-state index is 0.244.